The summed E-state index contributed by atoms with van der Waals surface area (Å²) >= 11 is 0. The van der Waals surface area contributed by atoms with Gasteiger partial charge in [-0.05, 0) is 0 Å². The van der Waals surface area contributed by atoms with Crippen molar-refractivity contribution in [1.82, 2.24) is 9.97 Å². The van der Waals surface area contributed by atoms with Crippen molar-refractivity contribution in [3.8, 4) is 5.88 Å². The molecule has 1 aromatic heterocycles. The third kappa shape index (κ3) is 4.28. The highest BCUT2D eigenvalue weighted by atomic mass is 19.3. The number of hydrogen-bond donors (Lipinski definition) is 1. The first-order chi connectivity index (χ1) is 8.88. The van der Waals surface area contributed by atoms with Crippen molar-refractivity contribution in [3.63, 3.8) is 0 Å². The van der Waals surface area contributed by atoms with Crippen LogP contribution in [0.25, 0.3) is 0 Å². The first-order valence-electron chi connectivity index (χ1n) is 5.15. The molecule has 0 fully saturated rings. The van der Waals surface area contributed by atoms with Crippen LogP contribution >= 0.6 is 0 Å². The maximum atomic E-state index is 12.5. The minimum atomic E-state index is -4.26. The van der Waals surface area contributed by atoms with Crippen LogP contribution in [0.1, 0.15) is 11.8 Å². The number of hydrogen-bond acceptors (Lipinski definition) is 5. The minimum absolute atomic E-state index is 0.000722. The molecule has 1 heterocycles. The summed E-state index contributed by atoms with van der Waals surface area (Å²) < 4.78 is 57.9. The Morgan fingerprint density at radius 2 is 1.95 bits per heavy atom. The lowest BCUT2D eigenvalue weighted by molar-refractivity contribution is -0.171. The van der Waals surface area contributed by atoms with Crippen LogP contribution in [0.3, 0.4) is 0 Å². The van der Waals surface area contributed by atoms with Gasteiger partial charge in [0.2, 0.25) is 5.88 Å². The van der Waals surface area contributed by atoms with Gasteiger partial charge in [0, 0.05) is 12.4 Å². The van der Waals surface area contributed by atoms with Crippen molar-refractivity contribution in [3.05, 3.63) is 18.1 Å². The smallest absolute Gasteiger partial charge is 0.330 e. The quantitative estimate of drug-likeness (QED) is 0.767. The Balaban J connectivity index is 2.54. The van der Waals surface area contributed by atoms with E-state index in [4.69, 9.17) is 4.74 Å². The molecule has 1 N–H and O–H groups in total. The highest BCUT2D eigenvalue weighted by molar-refractivity contribution is 5.19. The Kier molecular flexibility index (Phi) is 5.43. The lowest BCUT2D eigenvalue weighted by Crippen LogP contribution is -2.33. The maximum Gasteiger partial charge on any atom is 0.330 e. The fourth-order valence-electron chi connectivity index (χ4n) is 1.17. The van der Waals surface area contributed by atoms with Crippen LogP contribution in [0.15, 0.2) is 12.4 Å². The third-order valence-electron chi connectivity index (χ3n) is 2.09. The molecule has 1 atom stereocenters. The molecule has 0 aliphatic heterocycles. The number of ether oxygens (including phenoxy) is 2. The van der Waals surface area contributed by atoms with Crippen molar-refractivity contribution in [1.29, 1.82) is 0 Å². The number of rotatable bonds is 7. The van der Waals surface area contributed by atoms with Crippen molar-refractivity contribution < 1.29 is 32.1 Å². The Labute approximate surface area is 106 Å². The van der Waals surface area contributed by atoms with E-state index >= 15 is 0 Å². The third-order valence-corrected chi connectivity index (χ3v) is 2.09. The number of halogens is 4. The van der Waals surface area contributed by atoms with Crippen LogP contribution in [-0.2, 0) is 4.74 Å². The number of aromatic nitrogens is 2. The normalized spacial score (nSPS) is 13.6. The maximum absolute atomic E-state index is 12.5. The highest BCUT2D eigenvalue weighted by Crippen LogP contribution is 2.24. The lowest BCUT2D eigenvalue weighted by Gasteiger charge is -2.17. The van der Waals surface area contributed by atoms with E-state index < -0.39 is 31.7 Å². The van der Waals surface area contributed by atoms with E-state index in [-0.39, 0.29) is 11.6 Å². The second-order valence-electron chi connectivity index (χ2n) is 3.54. The number of aliphatic hydroxyl groups excluding tert-OH is 1. The summed E-state index contributed by atoms with van der Waals surface area (Å²) in [6, 6.07) is 0. The van der Waals surface area contributed by atoms with Crippen molar-refractivity contribution in [2.45, 2.75) is 18.5 Å². The zero-order valence-electron chi connectivity index (χ0n) is 9.89. The second-order valence-corrected chi connectivity index (χ2v) is 3.54. The number of nitrogens with zero attached hydrogens (tertiary/aromatic N) is 2. The molecule has 0 saturated carbocycles. The summed E-state index contributed by atoms with van der Waals surface area (Å²) in [6.07, 6.45) is -2.66. The van der Waals surface area contributed by atoms with Gasteiger partial charge in [-0.2, -0.15) is 8.78 Å². The molecule has 19 heavy (non-hydrogen) atoms. The van der Waals surface area contributed by atoms with Gasteiger partial charge in [0.25, 0.3) is 0 Å². The molecule has 0 radical (unpaired) electrons. The fraction of sp³-hybridized carbons (Fsp3) is 0.600. The van der Waals surface area contributed by atoms with Crippen LogP contribution in [-0.4, -0.2) is 47.7 Å². The van der Waals surface area contributed by atoms with Gasteiger partial charge in [0.05, 0.1) is 13.7 Å². The minimum Gasteiger partial charge on any atom is -0.480 e. The fourth-order valence-corrected chi connectivity index (χ4v) is 1.17. The molecule has 5 nitrogen and oxygen atoms in total. The molecule has 0 spiro atoms. The van der Waals surface area contributed by atoms with Gasteiger partial charge < -0.3 is 14.6 Å². The molecule has 0 aromatic carbocycles. The molecular weight excluding hydrogens is 272 g/mol. The standard InChI is InChI=1S/C10H12F4N2O3/c1-18-8-7(15-2-3-16-8)6(17)4-19-5-10(13,14)9(11)12/h2-3,6,9,17H,4-5H2,1H3. The zero-order chi connectivity index (χ0) is 14.5. The van der Waals surface area contributed by atoms with Crippen LogP contribution in [0.4, 0.5) is 17.6 Å². The first-order valence-corrected chi connectivity index (χ1v) is 5.15. The van der Waals surface area contributed by atoms with E-state index in [1.807, 2.05) is 0 Å². The highest BCUT2D eigenvalue weighted by Gasteiger charge is 2.41. The summed E-state index contributed by atoms with van der Waals surface area (Å²) in [7, 11) is 1.28. The largest absolute Gasteiger partial charge is 0.480 e. The van der Waals surface area contributed by atoms with Gasteiger partial charge in [-0.25, -0.2) is 13.8 Å². The average molecular weight is 284 g/mol. The summed E-state index contributed by atoms with van der Waals surface area (Å²) in [4.78, 5) is 7.48. The van der Waals surface area contributed by atoms with Crippen LogP contribution in [0.5, 0.6) is 5.88 Å². The van der Waals surface area contributed by atoms with Gasteiger partial charge in [-0.1, -0.05) is 0 Å². The topological polar surface area (TPSA) is 64.5 Å². The molecule has 1 rings (SSSR count). The van der Waals surface area contributed by atoms with Gasteiger partial charge >= 0.3 is 12.3 Å². The average Bonchev–Trinajstić information content (AvgIpc) is 2.38. The Bertz CT molecular complexity index is 406. The first kappa shape index (κ1) is 15.6. The molecule has 0 saturated heterocycles. The monoisotopic (exact) mass is 284 g/mol. The van der Waals surface area contributed by atoms with Crippen molar-refractivity contribution in [2.24, 2.45) is 0 Å². The second kappa shape index (κ2) is 6.62. The summed E-state index contributed by atoms with van der Waals surface area (Å²) in [6.45, 7) is -2.12. The van der Waals surface area contributed by atoms with E-state index in [1.54, 1.807) is 0 Å². The molecule has 108 valence electrons. The molecule has 0 aliphatic carbocycles. The van der Waals surface area contributed by atoms with E-state index in [1.165, 1.54) is 19.5 Å². The molecule has 0 bridgehead atoms. The Morgan fingerprint density at radius 3 is 2.53 bits per heavy atom. The molecule has 0 amide bonds. The number of methoxy groups -OCH3 is 1. The van der Waals surface area contributed by atoms with Gasteiger partial charge in [0.15, 0.2) is 0 Å². The summed E-state index contributed by atoms with van der Waals surface area (Å²) in [5, 5.41) is 9.63. The Morgan fingerprint density at radius 1 is 1.32 bits per heavy atom. The van der Waals surface area contributed by atoms with Gasteiger partial charge in [-0.3, -0.25) is 4.98 Å². The predicted molar refractivity (Wildman–Crippen MR) is 55.3 cm³/mol. The van der Waals surface area contributed by atoms with Gasteiger partial charge in [0.1, 0.15) is 18.4 Å². The SMILES string of the molecule is COc1nccnc1C(O)COCC(F)(F)C(F)F. The van der Waals surface area contributed by atoms with Crippen LogP contribution < -0.4 is 4.74 Å². The Hall–Kier alpha value is -1.48. The van der Waals surface area contributed by atoms with Crippen LogP contribution in [0, 0.1) is 0 Å². The molecule has 9 heteroatoms. The van der Waals surface area contributed by atoms with E-state index in [2.05, 4.69) is 14.7 Å². The summed E-state index contributed by atoms with van der Waals surface area (Å²) in [5.74, 6) is -4.26. The molecule has 0 aliphatic rings. The van der Waals surface area contributed by atoms with Crippen LogP contribution in [0.2, 0.25) is 0 Å². The molecule has 1 unspecified atom stereocenters. The van der Waals surface area contributed by atoms with E-state index in [9.17, 15) is 22.7 Å². The predicted octanol–water partition coefficient (Wildman–Crippen LogP) is 1.44. The van der Waals surface area contributed by atoms with E-state index in [0.717, 1.165) is 0 Å². The van der Waals surface area contributed by atoms with Gasteiger partial charge in [-0.15, -0.1) is 0 Å². The summed E-state index contributed by atoms with van der Waals surface area (Å²) in [5.41, 5.74) is -0.0228. The molecular formula is C10H12F4N2O3. The van der Waals surface area contributed by atoms with Crippen molar-refractivity contribution in [2.75, 3.05) is 20.3 Å². The van der Waals surface area contributed by atoms with E-state index in [0.29, 0.717) is 0 Å². The zero-order valence-corrected chi connectivity index (χ0v) is 9.89. The number of alkyl halides is 4. The molecule has 1 aromatic rings. The van der Waals surface area contributed by atoms with Crippen molar-refractivity contribution >= 4 is 0 Å². The number of aliphatic hydroxyl groups is 1. The lowest BCUT2D eigenvalue weighted by atomic mass is 10.2.